The van der Waals surface area contributed by atoms with Gasteiger partial charge < -0.3 is 5.32 Å². The molecule has 1 aliphatic heterocycles. The molecule has 1 N–H and O–H groups in total. The van der Waals surface area contributed by atoms with Crippen molar-refractivity contribution in [2.75, 3.05) is 0 Å². The first kappa shape index (κ1) is 14.5. The van der Waals surface area contributed by atoms with Gasteiger partial charge in [-0.05, 0) is 34.4 Å². The normalized spacial score (nSPS) is 16.8. The molecule has 24 heavy (non-hydrogen) atoms. The molecule has 0 radical (unpaired) electrons. The average Bonchev–Trinajstić information content (AvgIpc) is 2.70. The minimum Gasteiger partial charge on any atom is -0.374 e. The van der Waals surface area contributed by atoms with Gasteiger partial charge in [0, 0.05) is 5.70 Å². The summed E-state index contributed by atoms with van der Waals surface area (Å²) in [5.74, 6) is 0. The van der Waals surface area contributed by atoms with E-state index in [0.29, 0.717) is 0 Å². The van der Waals surface area contributed by atoms with Gasteiger partial charge in [0.25, 0.3) is 0 Å². The Balaban J connectivity index is 1.79. The molecule has 0 spiro atoms. The molecular weight excluding hydrogens is 290 g/mol. The van der Waals surface area contributed by atoms with Gasteiger partial charge in [-0.15, -0.1) is 0 Å². The fourth-order valence-corrected chi connectivity index (χ4v) is 3.07. The molecule has 3 aromatic rings. The maximum absolute atomic E-state index is 3.67. The van der Waals surface area contributed by atoms with Crippen LogP contribution in [-0.2, 0) is 0 Å². The van der Waals surface area contributed by atoms with Crippen LogP contribution in [0.2, 0.25) is 0 Å². The lowest BCUT2D eigenvalue weighted by Crippen LogP contribution is -2.21. The van der Waals surface area contributed by atoms with E-state index in [1.54, 1.807) is 0 Å². The Bertz CT molecular complexity index is 862. The maximum Gasteiger partial charge on any atom is 0.0707 e. The third-order valence-electron chi connectivity index (χ3n) is 4.31. The first-order valence-corrected chi connectivity index (χ1v) is 8.26. The van der Waals surface area contributed by atoms with E-state index < -0.39 is 0 Å². The van der Waals surface area contributed by atoms with Gasteiger partial charge in [-0.1, -0.05) is 91.0 Å². The van der Waals surface area contributed by atoms with Crippen LogP contribution < -0.4 is 5.32 Å². The number of hydrogen-bond acceptors (Lipinski definition) is 1. The van der Waals surface area contributed by atoms with Gasteiger partial charge in [-0.3, -0.25) is 0 Å². The molecule has 1 heterocycles. The second-order valence-corrected chi connectivity index (χ2v) is 5.94. The van der Waals surface area contributed by atoms with Crippen LogP contribution in [0.15, 0.2) is 103 Å². The summed E-state index contributed by atoms with van der Waals surface area (Å²) in [6.45, 7) is 0. The van der Waals surface area contributed by atoms with Crippen LogP contribution in [0.4, 0.5) is 0 Å². The van der Waals surface area contributed by atoms with Crippen molar-refractivity contribution in [3.05, 3.63) is 120 Å². The largest absolute Gasteiger partial charge is 0.374 e. The minimum absolute atomic E-state index is 0.168. The smallest absolute Gasteiger partial charge is 0.0707 e. The summed E-state index contributed by atoms with van der Waals surface area (Å²) >= 11 is 0. The monoisotopic (exact) mass is 309 g/mol. The predicted octanol–water partition coefficient (Wildman–Crippen LogP) is 5.46. The summed E-state index contributed by atoms with van der Waals surface area (Å²) in [5.41, 5.74) is 6.13. The van der Waals surface area contributed by atoms with E-state index in [2.05, 4.69) is 108 Å². The summed E-state index contributed by atoms with van der Waals surface area (Å²) < 4.78 is 0. The Labute approximate surface area is 143 Å². The average molecular weight is 309 g/mol. The second kappa shape index (κ2) is 6.59. The van der Waals surface area contributed by atoms with Gasteiger partial charge in [0.1, 0.15) is 0 Å². The molecule has 1 unspecified atom stereocenters. The number of nitrogens with one attached hydrogen (secondary N) is 1. The Morgan fingerprint density at radius 1 is 0.583 bits per heavy atom. The summed E-state index contributed by atoms with van der Waals surface area (Å²) in [4.78, 5) is 0. The molecular formula is C23H19N. The van der Waals surface area contributed by atoms with Crippen LogP contribution in [0.5, 0.6) is 0 Å². The molecule has 0 saturated heterocycles. The highest BCUT2D eigenvalue weighted by molar-refractivity contribution is 5.86. The van der Waals surface area contributed by atoms with E-state index in [-0.39, 0.29) is 6.04 Å². The van der Waals surface area contributed by atoms with E-state index >= 15 is 0 Å². The Morgan fingerprint density at radius 3 is 1.75 bits per heavy atom. The van der Waals surface area contributed by atoms with Gasteiger partial charge in [-0.2, -0.15) is 0 Å². The number of hydrogen-bond donors (Lipinski definition) is 1. The standard InChI is InChI=1S/C23H19N/c1-4-10-18(11-5-1)21-16-22(19-12-6-2-7-13-19)24-23(17-21)20-14-8-3-9-15-20/h1-17,22,24H. The van der Waals surface area contributed by atoms with Crippen molar-refractivity contribution >= 4 is 11.3 Å². The van der Waals surface area contributed by atoms with E-state index in [9.17, 15) is 0 Å². The molecule has 1 aliphatic rings. The second-order valence-electron chi connectivity index (χ2n) is 5.94. The zero-order chi connectivity index (χ0) is 16.2. The van der Waals surface area contributed by atoms with Crippen molar-refractivity contribution in [1.82, 2.24) is 5.32 Å². The number of rotatable bonds is 3. The van der Waals surface area contributed by atoms with E-state index in [1.807, 2.05) is 0 Å². The maximum atomic E-state index is 3.67. The Morgan fingerprint density at radius 2 is 1.12 bits per heavy atom. The molecule has 0 aliphatic carbocycles. The summed E-state index contributed by atoms with van der Waals surface area (Å²) in [7, 11) is 0. The molecule has 0 saturated carbocycles. The lowest BCUT2D eigenvalue weighted by Gasteiger charge is -2.25. The minimum atomic E-state index is 0.168. The molecule has 0 amide bonds. The highest BCUT2D eigenvalue weighted by atomic mass is 14.9. The van der Waals surface area contributed by atoms with Crippen molar-refractivity contribution < 1.29 is 0 Å². The van der Waals surface area contributed by atoms with Crippen molar-refractivity contribution in [3.8, 4) is 0 Å². The highest BCUT2D eigenvalue weighted by Crippen LogP contribution is 2.31. The first-order chi connectivity index (χ1) is 11.9. The van der Waals surface area contributed by atoms with E-state index in [0.717, 1.165) is 5.70 Å². The first-order valence-electron chi connectivity index (χ1n) is 8.26. The highest BCUT2D eigenvalue weighted by Gasteiger charge is 2.17. The molecule has 116 valence electrons. The van der Waals surface area contributed by atoms with Gasteiger partial charge in [0.2, 0.25) is 0 Å². The molecule has 3 aromatic carbocycles. The van der Waals surface area contributed by atoms with E-state index in [4.69, 9.17) is 0 Å². The van der Waals surface area contributed by atoms with Crippen LogP contribution in [0.1, 0.15) is 22.7 Å². The summed E-state index contributed by atoms with van der Waals surface area (Å²) in [6.07, 6.45) is 4.54. The van der Waals surface area contributed by atoms with Crippen molar-refractivity contribution in [2.24, 2.45) is 0 Å². The zero-order valence-corrected chi connectivity index (χ0v) is 13.4. The quantitative estimate of drug-likeness (QED) is 0.678. The van der Waals surface area contributed by atoms with Crippen LogP contribution in [0, 0.1) is 0 Å². The lowest BCUT2D eigenvalue weighted by molar-refractivity contribution is 0.767. The third-order valence-corrected chi connectivity index (χ3v) is 4.31. The number of allylic oxidation sites excluding steroid dienone is 2. The molecule has 4 rings (SSSR count). The van der Waals surface area contributed by atoms with Crippen LogP contribution >= 0.6 is 0 Å². The molecule has 0 fully saturated rings. The summed E-state index contributed by atoms with van der Waals surface area (Å²) in [5, 5.41) is 3.67. The van der Waals surface area contributed by atoms with Crippen LogP contribution in [0.25, 0.3) is 11.3 Å². The fraction of sp³-hybridized carbons (Fsp3) is 0.0435. The molecule has 1 nitrogen and oxygen atoms in total. The SMILES string of the molecule is C1=C(c2ccccc2)C=C(c2ccccc2)NC1c1ccccc1. The topological polar surface area (TPSA) is 12.0 Å². The van der Waals surface area contributed by atoms with Gasteiger partial charge in [0.05, 0.1) is 6.04 Å². The summed E-state index contributed by atoms with van der Waals surface area (Å²) in [6, 6.07) is 31.8. The zero-order valence-electron chi connectivity index (χ0n) is 13.4. The van der Waals surface area contributed by atoms with Crippen molar-refractivity contribution in [1.29, 1.82) is 0 Å². The Hall–Kier alpha value is -3.06. The predicted molar refractivity (Wildman–Crippen MR) is 101 cm³/mol. The van der Waals surface area contributed by atoms with Gasteiger partial charge in [0.15, 0.2) is 0 Å². The van der Waals surface area contributed by atoms with Crippen molar-refractivity contribution in [3.63, 3.8) is 0 Å². The Kier molecular flexibility index (Phi) is 3.99. The van der Waals surface area contributed by atoms with E-state index in [1.165, 1.54) is 22.3 Å². The van der Waals surface area contributed by atoms with Gasteiger partial charge >= 0.3 is 0 Å². The number of benzene rings is 3. The lowest BCUT2D eigenvalue weighted by atomic mass is 9.93. The van der Waals surface area contributed by atoms with Crippen LogP contribution in [-0.4, -0.2) is 0 Å². The molecule has 1 heteroatoms. The molecule has 0 aromatic heterocycles. The number of dihydropyridines is 1. The molecule has 0 bridgehead atoms. The van der Waals surface area contributed by atoms with Crippen molar-refractivity contribution in [2.45, 2.75) is 6.04 Å². The third kappa shape index (κ3) is 3.02. The molecule has 1 atom stereocenters. The van der Waals surface area contributed by atoms with Gasteiger partial charge in [-0.25, -0.2) is 0 Å². The van der Waals surface area contributed by atoms with Crippen LogP contribution in [0.3, 0.4) is 0 Å². The fourth-order valence-electron chi connectivity index (χ4n) is 3.07.